The van der Waals surface area contributed by atoms with Gasteiger partial charge in [0.25, 0.3) is 0 Å². The van der Waals surface area contributed by atoms with Crippen molar-refractivity contribution in [2.24, 2.45) is 0 Å². The summed E-state index contributed by atoms with van der Waals surface area (Å²) in [7, 11) is -0.521. The molecule has 0 bridgehead atoms. The first kappa shape index (κ1) is 23.9. The fraction of sp³-hybridized carbons (Fsp3) is 0.0741. The van der Waals surface area contributed by atoms with Gasteiger partial charge in [-0.2, -0.15) is 0 Å². The minimum Gasteiger partial charge on any atom is -1.00 e. The van der Waals surface area contributed by atoms with Crippen LogP contribution in [0.5, 0.6) is 0 Å². The van der Waals surface area contributed by atoms with E-state index < -0.39 is 7.26 Å². The minimum atomic E-state index is -1.91. The number of halogens is 1. The molecule has 0 saturated heterocycles. The summed E-state index contributed by atoms with van der Waals surface area (Å²) in [6, 6.07) is 34.8. The lowest BCUT2D eigenvalue weighted by Gasteiger charge is -2.27. The number of hydrogen-bond acceptors (Lipinski definition) is 3. The maximum absolute atomic E-state index is 11.5. The van der Waals surface area contributed by atoms with E-state index in [1.807, 2.05) is 6.08 Å². The summed E-state index contributed by atoms with van der Waals surface area (Å²) in [4.78, 5) is 12.5. The van der Waals surface area contributed by atoms with Crippen LogP contribution in [0.4, 0.5) is 0 Å². The lowest BCUT2D eigenvalue weighted by atomic mass is 10.3. The Balaban J connectivity index is 0.00000289. The average Bonchev–Trinajstić information content (AvgIpc) is 3.30. The zero-order chi connectivity index (χ0) is 21.5. The molecule has 0 saturated carbocycles. The average molecular weight is 479 g/mol. The van der Waals surface area contributed by atoms with Crippen LogP contribution in [0.2, 0.25) is 0 Å². The summed E-state index contributed by atoms with van der Waals surface area (Å²) in [5.74, 6) is -0.338. The molecule has 0 fully saturated rings. The first-order chi connectivity index (χ1) is 15.2. The molecule has 0 unspecified atom stereocenters. The van der Waals surface area contributed by atoms with Crippen molar-refractivity contribution in [3.05, 3.63) is 119 Å². The Morgan fingerprint density at radius 1 is 0.844 bits per heavy atom. The lowest BCUT2D eigenvalue weighted by Crippen LogP contribution is -3.00. The van der Waals surface area contributed by atoms with Crippen LogP contribution in [0.3, 0.4) is 0 Å². The van der Waals surface area contributed by atoms with Gasteiger partial charge in [0.1, 0.15) is 23.2 Å². The largest absolute Gasteiger partial charge is 1.00 e. The van der Waals surface area contributed by atoms with Crippen molar-refractivity contribution in [3.8, 4) is 0 Å². The first-order valence-electron chi connectivity index (χ1n) is 10.1. The molecule has 0 aliphatic rings. The minimum absolute atomic E-state index is 0. The topological polar surface area (TPSA) is 26.3 Å². The van der Waals surface area contributed by atoms with Crippen LogP contribution >= 0.6 is 18.6 Å². The van der Waals surface area contributed by atoms with E-state index in [0.717, 1.165) is 11.0 Å². The van der Waals surface area contributed by atoms with Gasteiger partial charge in [-0.3, -0.25) is 0 Å². The molecule has 32 heavy (non-hydrogen) atoms. The number of carbonyl (C=O) groups is 1. The summed E-state index contributed by atoms with van der Waals surface area (Å²) >= 11 is 1.65. The van der Waals surface area contributed by atoms with Crippen LogP contribution in [-0.4, -0.2) is 13.1 Å². The quantitative estimate of drug-likeness (QED) is 0.232. The third kappa shape index (κ3) is 5.19. The van der Waals surface area contributed by atoms with Crippen LogP contribution in [0.15, 0.2) is 109 Å². The van der Waals surface area contributed by atoms with Crippen LogP contribution in [0, 0.1) is 0 Å². The molecule has 1 heterocycles. The van der Waals surface area contributed by atoms with Crippen molar-refractivity contribution in [2.75, 3.05) is 7.11 Å². The van der Waals surface area contributed by atoms with Gasteiger partial charge in [-0.1, -0.05) is 54.6 Å². The summed E-state index contributed by atoms with van der Waals surface area (Å²) < 4.78 is 4.72. The highest BCUT2D eigenvalue weighted by Crippen LogP contribution is 2.58. The summed E-state index contributed by atoms with van der Waals surface area (Å²) in [6.07, 6.45) is 4.23. The van der Waals surface area contributed by atoms with Crippen LogP contribution in [-0.2, 0) is 15.7 Å². The van der Waals surface area contributed by atoms with E-state index in [-0.39, 0.29) is 18.4 Å². The molecule has 0 radical (unpaired) electrons. The monoisotopic (exact) mass is 478 g/mol. The highest BCUT2D eigenvalue weighted by atomic mass is 35.5. The van der Waals surface area contributed by atoms with Gasteiger partial charge < -0.3 is 17.1 Å². The molecular formula is C27H24ClO2PS. The van der Waals surface area contributed by atoms with E-state index in [1.54, 1.807) is 11.3 Å². The zero-order valence-corrected chi connectivity index (χ0v) is 20.2. The smallest absolute Gasteiger partial charge is 0.330 e. The molecule has 0 aliphatic heterocycles. The highest BCUT2D eigenvalue weighted by molar-refractivity contribution is 7.95. The number of rotatable bonds is 7. The van der Waals surface area contributed by atoms with Crippen molar-refractivity contribution in [3.63, 3.8) is 0 Å². The van der Waals surface area contributed by atoms with Crippen LogP contribution < -0.4 is 28.3 Å². The molecule has 4 aromatic rings. The molecular weight excluding hydrogens is 455 g/mol. The van der Waals surface area contributed by atoms with Gasteiger partial charge in [0.15, 0.2) is 0 Å². The van der Waals surface area contributed by atoms with E-state index in [0.29, 0.717) is 0 Å². The van der Waals surface area contributed by atoms with Crippen LogP contribution in [0.25, 0.3) is 6.08 Å². The maximum atomic E-state index is 11.5. The van der Waals surface area contributed by atoms with Crippen molar-refractivity contribution >= 4 is 46.6 Å². The Morgan fingerprint density at radius 3 is 1.75 bits per heavy atom. The van der Waals surface area contributed by atoms with Gasteiger partial charge >= 0.3 is 5.97 Å². The number of thiophene rings is 1. The molecule has 0 aliphatic carbocycles. The van der Waals surface area contributed by atoms with Crippen LogP contribution in [0.1, 0.15) is 10.4 Å². The molecule has 2 nitrogen and oxygen atoms in total. The van der Waals surface area contributed by atoms with E-state index in [9.17, 15) is 4.79 Å². The molecule has 1 aromatic heterocycles. The van der Waals surface area contributed by atoms with E-state index in [4.69, 9.17) is 4.74 Å². The van der Waals surface area contributed by atoms with Gasteiger partial charge in [-0.25, -0.2) is 4.79 Å². The predicted molar refractivity (Wildman–Crippen MR) is 134 cm³/mol. The molecule has 4 rings (SSSR count). The third-order valence-electron chi connectivity index (χ3n) is 5.27. The number of carbonyl (C=O) groups excluding carboxylic acids is 1. The SMILES string of the molecule is COC(=O)C=Cc1cc(C[P+](c2ccccc2)(c2ccccc2)c2ccccc2)cs1.[Cl-]. The third-order valence-corrected chi connectivity index (χ3v) is 10.6. The molecule has 162 valence electrons. The second kappa shape index (κ2) is 11.2. The number of ether oxygens (including phenoxy) is 1. The number of esters is 1. The van der Waals surface area contributed by atoms with Gasteiger partial charge in [-0.15, -0.1) is 11.3 Å². The zero-order valence-electron chi connectivity index (χ0n) is 17.7. The normalized spacial score (nSPS) is 11.2. The first-order valence-corrected chi connectivity index (χ1v) is 13.0. The van der Waals surface area contributed by atoms with Crippen molar-refractivity contribution in [1.29, 1.82) is 0 Å². The lowest BCUT2D eigenvalue weighted by molar-refractivity contribution is -0.134. The van der Waals surface area contributed by atoms with Crippen molar-refractivity contribution in [2.45, 2.75) is 6.16 Å². The molecule has 0 spiro atoms. The maximum Gasteiger partial charge on any atom is 0.330 e. The fourth-order valence-electron chi connectivity index (χ4n) is 3.83. The Bertz CT molecular complexity index is 1060. The summed E-state index contributed by atoms with van der Waals surface area (Å²) in [5, 5.41) is 6.31. The summed E-state index contributed by atoms with van der Waals surface area (Å²) in [6.45, 7) is 0. The Morgan fingerprint density at radius 2 is 1.31 bits per heavy atom. The molecule has 3 aromatic carbocycles. The van der Waals surface area contributed by atoms with Gasteiger partial charge in [0, 0.05) is 16.5 Å². The molecule has 0 atom stereocenters. The van der Waals surface area contributed by atoms with Gasteiger partial charge in [0.2, 0.25) is 0 Å². The van der Waals surface area contributed by atoms with Gasteiger partial charge in [-0.05, 0) is 53.9 Å². The predicted octanol–water partition coefficient (Wildman–Crippen LogP) is 2.43. The molecule has 0 amide bonds. The molecule has 0 N–H and O–H groups in total. The van der Waals surface area contributed by atoms with E-state index in [1.165, 1.54) is 34.7 Å². The Kier molecular flexibility index (Phi) is 8.41. The van der Waals surface area contributed by atoms with Crippen molar-refractivity contribution < 1.29 is 21.9 Å². The highest BCUT2D eigenvalue weighted by Gasteiger charge is 2.45. The number of benzene rings is 3. The molecule has 5 heteroatoms. The Hall–Kier alpha value is -2.71. The standard InChI is InChI=1S/C27H24O2PS.ClH/c1-29-27(28)18-17-26-19-22(21-31-26)20-30(23-11-5-2-6-12-23,24-13-7-3-8-14-24)25-15-9-4-10-16-25;/h2-19,21H,20H2,1H3;1H/q+1;/p-1. The van der Waals surface area contributed by atoms with Gasteiger partial charge in [0.05, 0.1) is 13.3 Å². The fourth-order valence-corrected chi connectivity index (χ4v) is 8.97. The summed E-state index contributed by atoms with van der Waals surface area (Å²) in [5.41, 5.74) is 1.28. The Labute approximate surface area is 200 Å². The number of hydrogen-bond donors (Lipinski definition) is 0. The second-order valence-electron chi connectivity index (χ2n) is 7.19. The van der Waals surface area contributed by atoms with E-state index in [2.05, 4.69) is 102 Å². The van der Waals surface area contributed by atoms with E-state index >= 15 is 0 Å². The number of methoxy groups -OCH3 is 1. The second-order valence-corrected chi connectivity index (χ2v) is 11.6. The van der Waals surface area contributed by atoms with Crippen molar-refractivity contribution in [1.82, 2.24) is 0 Å².